The normalized spacial score (nSPS) is 11.1. The monoisotopic (exact) mass is 304 g/mol. The molecule has 1 heterocycles. The second kappa shape index (κ2) is 5.44. The van der Waals surface area contributed by atoms with Crippen LogP contribution >= 0.6 is 15.9 Å². The van der Waals surface area contributed by atoms with E-state index in [-0.39, 0.29) is 11.1 Å². The minimum atomic E-state index is -0.579. The molecule has 0 unspecified atom stereocenters. The van der Waals surface area contributed by atoms with E-state index in [4.69, 9.17) is 4.74 Å². The van der Waals surface area contributed by atoms with Crippen LogP contribution in [0.3, 0.4) is 0 Å². The molecule has 0 aliphatic carbocycles. The van der Waals surface area contributed by atoms with Gasteiger partial charge in [0.05, 0.1) is 0 Å². The van der Waals surface area contributed by atoms with Gasteiger partial charge in [-0.3, -0.25) is 0 Å². The zero-order valence-corrected chi connectivity index (χ0v) is 11.5. The highest BCUT2D eigenvalue weighted by atomic mass is 79.9. The van der Waals surface area contributed by atoms with Crippen molar-refractivity contribution in [1.29, 1.82) is 0 Å². The smallest absolute Gasteiger partial charge is 0.407 e. The van der Waals surface area contributed by atoms with Crippen molar-refractivity contribution in [3.05, 3.63) is 28.2 Å². The van der Waals surface area contributed by atoms with Gasteiger partial charge in [0, 0.05) is 18.3 Å². The summed E-state index contributed by atoms with van der Waals surface area (Å²) in [7, 11) is 0. The van der Waals surface area contributed by atoms with Crippen LogP contribution in [0.1, 0.15) is 26.3 Å². The molecule has 0 saturated heterocycles. The van der Waals surface area contributed by atoms with Crippen LogP contribution in [0.4, 0.5) is 9.18 Å². The van der Waals surface area contributed by atoms with Gasteiger partial charge in [0.2, 0.25) is 0 Å². The van der Waals surface area contributed by atoms with E-state index in [2.05, 4.69) is 26.2 Å². The Morgan fingerprint density at radius 1 is 1.59 bits per heavy atom. The number of aromatic nitrogens is 1. The number of nitrogens with zero attached hydrogens (tertiary/aromatic N) is 1. The molecular formula is C11H14BrFN2O2. The van der Waals surface area contributed by atoms with Crippen molar-refractivity contribution in [3.8, 4) is 0 Å². The molecule has 0 aliphatic heterocycles. The van der Waals surface area contributed by atoms with Crippen LogP contribution in [0.15, 0.2) is 16.9 Å². The van der Waals surface area contributed by atoms with E-state index < -0.39 is 17.5 Å². The maximum Gasteiger partial charge on any atom is 0.407 e. The number of carbonyl (C=O) groups excluding carboxylic acids is 1. The molecular weight excluding hydrogens is 291 g/mol. The summed E-state index contributed by atoms with van der Waals surface area (Å²) in [4.78, 5) is 15.1. The minimum absolute atomic E-state index is 0.0574. The van der Waals surface area contributed by atoms with Gasteiger partial charge in [-0.15, -0.1) is 0 Å². The summed E-state index contributed by atoms with van der Waals surface area (Å²) in [5.74, 6) is -0.483. The summed E-state index contributed by atoms with van der Waals surface area (Å²) in [5, 5.41) is 2.47. The number of halogens is 2. The van der Waals surface area contributed by atoms with E-state index in [1.807, 2.05) is 0 Å². The van der Waals surface area contributed by atoms with Gasteiger partial charge in [0.15, 0.2) is 5.82 Å². The average molecular weight is 305 g/mol. The van der Waals surface area contributed by atoms with E-state index in [1.54, 1.807) is 20.8 Å². The summed E-state index contributed by atoms with van der Waals surface area (Å²) in [6, 6.07) is 1.50. The number of carbonyl (C=O) groups is 1. The number of rotatable bonds is 2. The molecule has 0 radical (unpaired) electrons. The Morgan fingerprint density at radius 2 is 2.24 bits per heavy atom. The molecule has 4 nitrogen and oxygen atoms in total. The fraction of sp³-hybridized carbons (Fsp3) is 0.455. The Balaban J connectivity index is 2.56. The Kier molecular flexibility index (Phi) is 4.45. The standard InChI is InChI=1S/C11H14BrFN2O2/c1-11(2,3)17-10(16)15-6-7-4-5-14-9(12)8(7)13/h4-5H,6H2,1-3H3,(H,15,16). The Labute approximate surface area is 108 Å². The van der Waals surface area contributed by atoms with Crippen molar-refractivity contribution < 1.29 is 13.9 Å². The van der Waals surface area contributed by atoms with Gasteiger partial charge in [-0.2, -0.15) is 0 Å². The molecule has 0 saturated carbocycles. The Hall–Kier alpha value is -1.17. The summed E-state index contributed by atoms with van der Waals surface area (Å²) >= 11 is 2.97. The number of pyridine rings is 1. The summed E-state index contributed by atoms with van der Waals surface area (Å²) in [5.41, 5.74) is -0.223. The van der Waals surface area contributed by atoms with Crippen molar-refractivity contribution in [3.63, 3.8) is 0 Å². The van der Waals surface area contributed by atoms with Crippen molar-refractivity contribution in [1.82, 2.24) is 10.3 Å². The highest BCUT2D eigenvalue weighted by molar-refractivity contribution is 9.10. The number of amides is 1. The molecule has 0 fully saturated rings. The first-order valence-corrected chi connectivity index (χ1v) is 5.84. The van der Waals surface area contributed by atoms with Crippen LogP contribution in [-0.4, -0.2) is 16.7 Å². The SMILES string of the molecule is CC(C)(C)OC(=O)NCc1ccnc(Br)c1F. The summed E-state index contributed by atoms with van der Waals surface area (Å²) < 4.78 is 18.6. The Morgan fingerprint density at radius 3 is 2.82 bits per heavy atom. The van der Waals surface area contributed by atoms with Crippen molar-refractivity contribution in [2.24, 2.45) is 0 Å². The van der Waals surface area contributed by atoms with Gasteiger partial charge in [0.1, 0.15) is 10.2 Å². The van der Waals surface area contributed by atoms with E-state index in [1.165, 1.54) is 12.3 Å². The van der Waals surface area contributed by atoms with E-state index >= 15 is 0 Å². The molecule has 1 aromatic heterocycles. The van der Waals surface area contributed by atoms with E-state index in [0.29, 0.717) is 5.56 Å². The molecule has 0 spiro atoms. The van der Waals surface area contributed by atoms with Gasteiger partial charge in [0.25, 0.3) is 0 Å². The van der Waals surface area contributed by atoms with Crippen molar-refractivity contribution in [2.45, 2.75) is 32.9 Å². The highest BCUT2D eigenvalue weighted by Gasteiger charge is 2.16. The molecule has 1 aromatic rings. The summed E-state index contributed by atoms with van der Waals surface area (Å²) in [6.45, 7) is 5.34. The fourth-order valence-corrected chi connectivity index (χ4v) is 1.45. The number of hydrogen-bond donors (Lipinski definition) is 1. The number of ether oxygens (including phenoxy) is 1. The second-order valence-corrected chi connectivity index (χ2v) is 5.18. The zero-order chi connectivity index (χ0) is 13.1. The first-order valence-electron chi connectivity index (χ1n) is 5.05. The lowest BCUT2D eigenvalue weighted by molar-refractivity contribution is 0.0523. The zero-order valence-electron chi connectivity index (χ0n) is 9.88. The first kappa shape index (κ1) is 13.9. The Bertz CT molecular complexity index is 418. The molecule has 1 amide bonds. The summed E-state index contributed by atoms with van der Waals surface area (Å²) in [6.07, 6.45) is 0.879. The molecule has 6 heteroatoms. The lowest BCUT2D eigenvalue weighted by atomic mass is 10.2. The predicted octanol–water partition coefficient (Wildman–Crippen LogP) is 3.01. The molecule has 0 bridgehead atoms. The van der Waals surface area contributed by atoms with Crippen LogP contribution in [0.25, 0.3) is 0 Å². The molecule has 1 rings (SSSR count). The van der Waals surface area contributed by atoms with Crippen LogP contribution in [0.2, 0.25) is 0 Å². The topological polar surface area (TPSA) is 51.2 Å². The van der Waals surface area contributed by atoms with Crippen LogP contribution in [0.5, 0.6) is 0 Å². The molecule has 17 heavy (non-hydrogen) atoms. The molecule has 94 valence electrons. The van der Waals surface area contributed by atoms with Crippen LogP contribution in [0, 0.1) is 5.82 Å². The van der Waals surface area contributed by atoms with Gasteiger partial charge in [-0.05, 0) is 42.8 Å². The predicted molar refractivity (Wildman–Crippen MR) is 65.0 cm³/mol. The van der Waals surface area contributed by atoms with Gasteiger partial charge in [-0.25, -0.2) is 14.2 Å². The lowest BCUT2D eigenvalue weighted by Crippen LogP contribution is -2.32. The molecule has 0 aliphatic rings. The van der Waals surface area contributed by atoms with E-state index in [9.17, 15) is 9.18 Å². The van der Waals surface area contributed by atoms with Gasteiger partial charge >= 0.3 is 6.09 Å². The fourth-order valence-electron chi connectivity index (χ4n) is 1.07. The van der Waals surface area contributed by atoms with Gasteiger partial charge in [-0.1, -0.05) is 0 Å². The van der Waals surface area contributed by atoms with E-state index in [0.717, 1.165) is 0 Å². The number of nitrogens with one attached hydrogen (secondary N) is 1. The quantitative estimate of drug-likeness (QED) is 0.855. The van der Waals surface area contributed by atoms with Crippen molar-refractivity contribution in [2.75, 3.05) is 0 Å². The number of alkyl carbamates (subject to hydrolysis) is 1. The number of hydrogen-bond acceptors (Lipinski definition) is 3. The first-order chi connectivity index (χ1) is 7.79. The van der Waals surface area contributed by atoms with Crippen LogP contribution in [-0.2, 0) is 11.3 Å². The van der Waals surface area contributed by atoms with Gasteiger partial charge < -0.3 is 10.1 Å². The maximum absolute atomic E-state index is 13.5. The molecule has 0 aromatic carbocycles. The van der Waals surface area contributed by atoms with Crippen molar-refractivity contribution >= 4 is 22.0 Å². The van der Waals surface area contributed by atoms with Crippen LogP contribution < -0.4 is 5.32 Å². The lowest BCUT2D eigenvalue weighted by Gasteiger charge is -2.19. The third-order valence-corrected chi connectivity index (χ3v) is 2.30. The minimum Gasteiger partial charge on any atom is -0.444 e. The third-order valence-electron chi connectivity index (χ3n) is 1.75. The third kappa shape index (κ3) is 4.68. The maximum atomic E-state index is 13.5. The molecule has 1 N–H and O–H groups in total. The molecule has 0 atom stereocenters. The second-order valence-electron chi connectivity index (χ2n) is 4.43. The largest absolute Gasteiger partial charge is 0.444 e. The highest BCUT2D eigenvalue weighted by Crippen LogP contribution is 2.15. The average Bonchev–Trinajstić information content (AvgIpc) is 2.18.